The van der Waals surface area contributed by atoms with E-state index >= 15 is 0 Å². The number of hydrogen-bond acceptors (Lipinski definition) is 5. The summed E-state index contributed by atoms with van der Waals surface area (Å²) in [5.74, 6) is -0.804. The van der Waals surface area contributed by atoms with E-state index in [4.69, 9.17) is 4.74 Å². The standard InChI is InChI=1S/C22H26N2O5S/c1-4-29-22(26)21(23-16(3)25)12-17-7-8-18-13-24(14-19(18)11-17)30(27,28)20-9-5-15(2)6-10-20/h5-11,21H,4,12-14H2,1-3H3,(H,23,25). The Bertz CT molecular complexity index is 1050. The Morgan fingerprint density at radius 3 is 2.40 bits per heavy atom. The Hall–Kier alpha value is -2.71. The number of fused-ring (bicyclic) bond motifs is 1. The Balaban J connectivity index is 1.78. The van der Waals surface area contributed by atoms with Gasteiger partial charge in [-0.1, -0.05) is 35.9 Å². The summed E-state index contributed by atoms with van der Waals surface area (Å²) in [4.78, 5) is 23.9. The number of nitrogens with zero attached hydrogens (tertiary/aromatic N) is 1. The van der Waals surface area contributed by atoms with Crippen LogP contribution in [0.4, 0.5) is 0 Å². The zero-order valence-electron chi connectivity index (χ0n) is 17.3. The zero-order chi connectivity index (χ0) is 21.9. The van der Waals surface area contributed by atoms with Gasteiger partial charge in [-0.05, 0) is 42.7 Å². The molecule has 30 heavy (non-hydrogen) atoms. The molecular formula is C22H26N2O5S. The topological polar surface area (TPSA) is 92.8 Å². The highest BCUT2D eigenvalue weighted by Crippen LogP contribution is 2.29. The lowest BCUT2D eigenvalue weighted by atomic mass is 10.0. The highest BCUT2D eigenvalue weighted by atomic mass is 32.2. The number of amides is 1. The van der Waals surface area contributed by atoms with Crippen molar-refractivity contribution in [1.29, 1.82) is 0 Å². The van der Waals surface area contributed by atoms with Gasteiger partial charge in [0.05, 0.1) is 11.5 Å². The van der Waals surface area contributed by atoms with Crippen LogP contribution >= 0.6 is 0 Å². The largest absolute Gasteiger partial charge is 0.464 e. The number of benzene rings is 2. The van der Waals surface area contributed by atoms with Crippen LogP contribution < -0.4 is 5.32 Å². The highest BCUT2D eigenvalue weighted by Gasteiger charge is 2.31. The minimum atomic E-state index is -3.59. The number of nitrogens with one attached hydrogen (secondary N) is 1. The van der Waals surface area contributed by atoms with E-state index in [0.717, 1.165) is 22.3 Å². The summed E-state index contributed by atoms with van der Waals surface area (Å²) in [7, 11) is -3.59. The summed E-state index contributed by atoms with van der Waals surface area (Å²) >= 11 is 0. The Morgan fingerprint density at radius 1 is 1.10 bits per heavy atom. The fourth-order valence-corrected chi connectivity index (χ4v) is 4.89. The van der Waals surface area contributed by atoms with Crippen molar-refractivity contribution in [2.24, 2.45) is 0 Å². The van der Waals surface area contributed by atoms with Gasteiger partial charge in [0.1, 0.15) is 6.04 Å². The predicted molar refractivity (Wildman–Crippen MR) is 112 cm³/mol. The smallest absolute Gasteiger partial charge is 0.328 e. The number of carbonyl (C=O) groups excluding carboxylic acids is 2. The molecule has 1 aliphatic rings. The number of hydrogen-bond donors (Lipinski definition) is 1. The molecular weight excluding hydrogens is 404 g/mol. The number of ether oxygens (including phenoxy) is 1. The molecule has 1 heterocycles. The molecule has 1 aliphatic heterocycles. The summed E-state index contributed by atoms with van der Waals surface area (Å²) in [5, 5.41) is 2.62. The lowest BCUT2D eigenvalue weighted by Crippen LogP contribution is -2.42. The van der Waals surface area contributed by atoms with Gasteiger partial charge in [-0.25, -0.2) is 13.2 Å². The van der Waals surface area contributed by atoms with Crippen molar-refractivity contribution >= 4 is 21.9 Å². The molecule has 1 N–H and O–H groups in total. The summed E-state index contributed by atoms with van der Waals surface area (Å²) < 4.78 is 32.4. The molecule has 0 aliphatic carbocycles. The van der Waals surface area contributed by atoms with Crippen molar-refractivity contribution < 1.29 is 22.7 Å². The molecule has 160 valence electrons. The maximum Gasteiger partial charge on any atom is 0.328 e. The zero-order valence-corrected chi connectivity index (χ0v) is 18.2. The van der Waals surface area contributed by atoms with Gasteiger partial charge in [-0.2, -0.15) is 4.31 Å². The number of rotatable bonds is 7. The maximum absolute atomic E-state index is 13.0. The molecule has 1 atom stereocenters. The predicted octanol–water partition coefficient (Wildman–Crippen LogP) is 2.31. The molecule has 7 nitrogen and oxygen atoms in total. The Labute approximate surface area is 177 Å². The minimum absolute atomic E-state index is 0.227. The molecule has 0 radical (unpaired) electrons. The molecule has 1 amide bonds. The van der Waals surface area contributed by atoms with Gasteiger partial charge < -0.3 is 10.1 Å². The lowest BCUT2D eigenvalue weighted by molar-refractivity contribution is -0.147. The molecule has 3 rings (SSSR count). The van der Waals surface area contributed by atoms with Crippen LogP contribution in [0.15, 0.2) is 47.4 Å². The van der Waals surface area contributed by atoms with E-state index in [-0.39, 0.29) is 30.4 Å². The maximum atomic E-state index is 13.0. The van der Waals surface area contributed by atoms with Crippen molar-refractivity contribution in [3.05, 3.63) is 64.7 Å². The molecule has 0 saturated carbocycles. The number of esters is 1. The molecule has 0 saturated heterocycles. The van der Waals surface area contributed by atoms with Crippen LogP contribution in [0, 0.1) is 6.92 Å². The van der Waals surface area contributed by atoms with E-state index in [1.807, 2.05) is 25.1 Å². The van der Waals surface area contributed by atoms with Gasteiger partial charge in [0, 0.05) is 26.4 Å². The molecule has 2 aromatic rings. The number of carbonyl (C=O) groups is 2. The van der Waals surface area contributed by atoms with Crippen LogP contribution in [0.5, 0.6) is 0 Å². The first-order valence-corrected chi connectivity index (χ1v) is 11.3. The third-order valence-electron chi connectivity index (χ3n) is 5.01. The van der Waals surface area contributed by atoms with E-state index in [1.165, 1.54) is 11.2 Å². The van der Waals surface area contributed by atoms with Crippen molar-refractivity contribution in [1.82, 2.24) is 9.62 Å². The Kier molecular flexibility index (Phi) is 6.58. The van der Waals surface area contributed by atoms with Crippen LogP contribution in [0.3, 0.4) is 0 Å². The van der Waals surface area contributed by atoms with Crippen LogP contribution in [0.25, 0.3) is 0 Å². The van der Waals surface area contributed by atoms with E-state index in [1.54, 1.807) is 31.2 Å². The monoisotopic (exact) mass is 430 g/mol. The van der Waals surface area contributed by atoms with Crippen molar-refractivity contribution in [3.63, 3.8) is 0 Å². The third kappa shape index (κ3) is 4.88. The van der Waals surface area contributed by atoms with Crippen molar-refractivity contribution in [3.8, 4) is 0 Å². The summed E-state index contributed by atoms with van der Waals surface area (Å²) in [6.07, 6.45) is 0.274. The second-order valence-electron chi connectivity index (χ2n) is 7.40. The fourth-order valence-electron chi connectivity index (χ4n) is 3.49. The van der Waals surface area contributed by atoms with Gasteiger partial charge >= 0.3 is 5.97 Å². The highest BCUT2D eigenvalue weighted by molar-refractivity contribution is 7.89. The fraction of sp³-hybridized carbons (Fsp3) is 0.364. The molecule has 2 aromatic carbocycles. The first-order valence-electron chi connectivity index (χ1n) is 9.82. The van der Waals surface area contributed by atoms with Crippen molar-refractivity contribution in [2.45, 2.75) is 51.2 Å². The first kappa shape index (κ1) is 22.0. The van der Waals surface area contributed by atoms with Gasteiger partial charge in [-0.15, -0.1) is 0 Å². The second-order valence-corrected chi connectivity index (χ2v) is 9.34. The SMILES string of the molecule is CCOC(=O)C(Cc1ccc2c(c1)CN(S(=O)(=O)c1ccc(C)cc1)C2)NC(C)=O. The third-order valence-corrected chi connectivity index (χ3v) is 6.82. The number of sulfonamides is 1. The van der Waals surface area contributed by atoms with Crippen LogP contribution in [0.2, 0.25) is 0 Å². The van der Waals surface area contributed by atoms with Crippen molar-refractivity contribution in [2.75, 3.05) is 6.61 Å². The molecule has 0 bridgehead atoms. The van der Waals surface area contributed by atoms with Crippen LogP contribution in [0.1, 0.15) is 36.1 Å². The van der Waals surface area contributed by atoms with Gasteiger partial charge in [0.15, 0.2) is 0 Å². The normalized spacial score (nSPS) is 14.8. The average Bonchev–Trinajstić information content (AvgIpc) is 3.12. The van der Waals surface area contributed by atoms with Gasteiger partial charge in [-0.3, -0.25) is 4.79 Å². The van der Waals surface area contributed by atoms with E-state index in [0.29, 0.717) is 6.54 Å². The summed E-state index contributed by atoms with van der Waals surface area (Å²) in [5.41, 5.74) is 3.66. The van der Waals surface area contributed by atoms with Crippen LogP contribution in [-0.4, -0.2) is 37.2 Å². The quantitative estimate of drug-likeness (QED) is 0.681. The van der Waals surface area contributed by atoms with Crippen LogP contribution in [-0.2, 0) is 43.9 Å². The summed E-state index contributed by atoms with van der Waals surface area (Å²) in [6.45, 7) is 5.77. The second kappa shape index (κ2) is 8.97. The summed E-state index contributed by atoms with van der Waals surface area (Å²) in [6, 6.07) is 11.7. The average molecular weight is 431 g/mol. The lowest BCUT2D eigenvalue weighted by Gasteiger charge is -2.17. The van der Waals surface area contributed by atoms with E-state index < -0.39 is 22.0 Å². The molecule has 8 heteroatoms. The molecule has 0 spiro atoms. The number of aryl methyl sites for hydroxylation is 1. The van der Waals surface area contributed by atoms with Gasteiger partial charge in [0.25, 0.3) is 0 Å². The minimum Gasteiger partial charge on any atom is -0.464 e. The van der Waals surface area contributed by atoms with E-state index in [2.05, 4.69) is 5.32 Å². The van der Waals surface area contributed by atoms with Gasteiger partial charge in [0.2, 0.25) is 15.9 Å². The molecule has 1 unspecified atom stereocenters. The molecule has 0 aromatic heterocycles. The molecule has 0 fully saturated rings. The van der Waals surface area contributed by atoms with E-state index in [9.17, 15) is 18.0 Å². The Morgan fingerprint density at radius 2 is 1.77 bits per heavy atom. The first-order chi connectivity index (χ1) is 14.2.